The molecule has 6 heteroatoms. The number of carboxylic acid groups (broad SMARTS) is 1. The van der Waals surface area contributed by atoms with Crippen molar-refractivity contribution in [3.05, 3.63) is 0 Å². The molecule has 0 aliphatic rings. The van der Waals surface area contributed by atoms with Gasteiger partial charge in [-0.15, -0.1) is 0 Å². The Kier molecular flexibility index (Phi) is 5.93. The Bertz CT molecular complexity index is 296. The van der Waals surface area contributed by atoms with Crippen LogP contribution in [-0.4, -0.2) is 41.6 Å². The van der Waals surface area contributed by atoms with Crippen molar-refractivity contribution >= 4 is 12.0 Å². The van der Waals surface area contributed by atoms with Crippen LogP contribution in [0.15, 0.2) is 0 Å². The summed E-state index contributed by atoms with van der Waals surface area (Å²) in [6.07, 6.45) is 0.226. The van der Waals surface area contributed by atoms with E-state index in [0.29, 0.717) is 0 Å². The number of carboxylic acids is 1. The highest BCUT2D eigenvalue weighted by atomic mass is 16.4. The predicted molar refractivity (Wildman–Crippen MR) is 57.7 cm³/mol. The highest BCUT2D eigenvalue weighted by Crippen LogP contribution is 2.02. The van der Waals surface area contributed by atoms with Gasteiger partial charge in [-0.25, -0.2) is 9.59 Å². The maximum atomic E-state index is 11.5. The summed E-state index contributed by atoms with van der Waals surface area (Å²) in [7, 11) is 1.52. The highest BCUT2D eigenvalue weighted by Gasteiger charge is 2.24. The van der Waals surface area contributed by atoms with E-state index in [2.05, 4.69) is 5.32 Å². The molecule has 0 radical (unpaired) electrons. The van der Waals surface area contributed by atoms with Crippen LogP contribution < -0.4 is 5.32 Å². The molecule has 0 rings (SSSR count). The van der Waals surface area contributed by atoms with Gasteiger partial charge in [-0.1, -0.05) is 13.8 Å². The van der Waals surface area contributed by atoms with Gasteiger partial charge in [0, 0.05) is 13.6 Å². The van der Waals surface area contributed by atoms with Crippen LogP contribution in [0.3, 0.4) is 0 Å². The summed E-state index contributed by atoms with van der Waals surface area (Å²) < 4.78 is 0. The first-order valence-corrected chi connectivity index (χ1v) is 5.01. The highest BCUT2D eigenvalue weighted by molar-refractivity contribution is 5.82. The minimum Gasteiger partial charge on any atom is -0.480 e. The van der Waals surface area contributed by atoms with Gasteiger partial charge in [0.25, 0.3) is 0 Å². The van der Waals surface area contributed by atoms with Gasteiger partial charge < -0.3 is 15.3 Å². The smallest absolute Gasteiger partial charge is 0.326 e. The Balaban J connectivity index is 4.30. The number of nitriles is 1. The number of hydrogen-bond acceptors (Lipinski definition) is 3. The Labute approximate surface area is 94.8 Å². The zero-order valence-electron chi connectivity index (χ0n) is 9.73. The molecule has 16 heavy (non-hydrogen) atoms. The molecule has 0 aromatic heterocycles. The summed E-state index contributed by atoms with van der Waals surface area (Å²) in [6.45, 7) is 3.72. The second-order valence-corrected chi connectivity index (χ2v) is 3.84. The van der Waals surface area contributed by atoms with E-state index in [1.165, 1.54) is 11.9 Å². The standard InChI is InChI=1S/C10H17N3O3/c1-7(2)8(9(14)15)12-10(16)13(3)6-4-5-11/h7-8H,4,6H2,1-3H3,(H,12,16)(H,14,15)/t8-/m0/s1. The monoisotopic (exact) mass is 227 g/mol. The van der Waals surface area contributed by atoms with E-state index in [1.807, 2.05) is 6.07 Å². The number of nitrogens with one attached hydrogen (secondary N) is 1. The van der Waals surface area contributed by atoms with Gasteiger partial charge in [0.2, 0.25) is 0 Å². The van der Waals surface area contributed by atoms with Crippen molar-refractivity contribution in [3.8, 4) is 6.07 Å². The molecule has 0 aromatic rings. The van der Waals surface area contributed by atoms with Crippen molar-refractivity contribution in [3.63, 3.8) is 0 Å². The molecule has 6 nitrogen and oxygen atoms in total. The molecule has 0 aromatic carbocycles. The van der Waals surface area contributed by atoms with Crippen LogP contribution >= 0.6 is 0 Å². The number of amides is 2. The number of rotatable bonds is 5. The van der Waals surface area contributed by atoms with Crippen molar-refractivity contribution in [2.24, 2.45) is 5.92 Å². The Morgan fingerprint density at radius 2 is 2.06 bits per heavy atom. The fraction of sp³-hybridized carbons (Fsp3) is 0.700. The maximum Gasteiger partial charge on any atom is 0.326 e. The number of carbonyl (C=O) groups is 2. The van der Waals surface area contributed by atoms with Gasteiger partial charge in [0.15, 0.2) is 0 Å². The molecule has 1 atom stereocenters. The molecule has 0 spiro atoms. The minimum absolute atomic E-state index is 0.189. The van der Waals surface area contributed by atoms with E-state index in [9.17, 15) is 9.59 Å². The lowest BCUT2D eigenvalue weighted by atomic mass is 10.1. The molecule has 0 saturated heterocycles. The first-order chi connectivity index (χ1) is 7.40. The van der Waals surface area contributed by atoms with Crippen molar-refractivity contribution < 1.29 is 14.7 Å². The lowest BCUT2D eigenvalue weighted by molar-refractivity contribution is -0.140. The number of urea groups is 1. The van der Waals surface area contributed by atoms with Crippen LogP contribution in [0.4, 0.5) is 4.79 Å². The molecule has 2 N–H and O–H groups in total. The summed E-state index contributed by atoms with van der Waals surface area (Å²) >= 11 is 0. The van der Waals surface area contributed by atoms with Crippen molar-refractivity contribution in [1.29, 1.82) is 5.26 Å². The molecule has 0 bridgehead atoms. The Morgan fingerprint density at radius 3 is 2.44 bits per heavy atom. The summed E-state index contributed by atoms with van der Waals surface area (Å²) in [5.74, 6) is -1.25. The summed E-state index contributed by atoms with van der Waals surface area (Å²) in [6, 6.07) is 0.533. The van der Waals surface area contributed by atoms with Crippen LogP contribution in [0.1, 0.15) is 20.3 Å². The van der Waals surface area contributed by atoms with Gasteiger partial charge in [-0.05, 0) is 5.92 Å². The topological polar surface area (TPSA) is 93.4 Å². The number of nitrogens with zero attached hydrogens (tertiary/aromatic N) is 2. The third kappa shape index (κ3) is 4.64. The minimum atomic E-state index is -1.06. The number of carbonyl (C=O) groups excluding carboxylic acids is 1. The normalized spacial score (nSPS) is 11.7. The first kappa shape index (κ1) is 14.2. The van der Waals surface area contributed by atoms with E-state index in [1.54, 1.807) is 13.8 Å². The number of aliphatic carboxylic acids is 1. The van der Waals surface area contributed by atoms with E-state index in [4.69, 9.17) is 10.4 Å². The molecule has 0 saturated carbocycles. The van der Waals surface area contributed by atoms with Crippen molar-refractivity contribution in [1.82, 2.24) is 10.2 Å². The Hall–Kier alpha value is -1.77. The van der Waals surface area contributed by atoms with Crippen molar-refractivity contribution in [2.75, 3.05) is 13.6 Å². The van der Waals surface area contributed by atoms with Gasteiger partial charge >= 0.3 is 12.0 Å². The zero-order valence-corrected chi connectivity index (χ0v) is 9.73. The predicted octanol–water partition coefficient (Wildman–Crippen LogP) is 0.651. The average molecular weight is 227 g/mol. The van der Waals surface area contributed by atoms with E-state index < -0.39 is 18.0 Å². The lowest BCUT2D eigenvalue weighted by Crippen LogP contribution is -2.49. The van der Waals surface area contributed by atoms with E-state index >= 15 is 0 Å². The first-order valence-electron chi connectivity index (χ1n) is 5.01. The van der Waals surface area contributed by atoms with Gasteiger partial charge in [-0.2, -0.15) is 5.26 Å². The second-order valence-electron chi connectivity index (χ2n) is 3.84. The molecule has 90 valence electrons. The second kappa shape index (κ2) is 6.67. The molecular weight excluding hydrogens is 210 g/mol. The lowest BCUT2D eigenvalue weighted by Gasteiger charge is -2.22. The molecule has 0 fully saturated rings. The van der Waals surface area contributed by atoms with Gasteiger partial charge in [-0.3, -0.25) is 0 Å². The van der Waals surface area contributed by atoms with E-state index in [0.717, 1.165) is 0 Å². The zero-order chi connectivity index (χ0) is 12.7. The maximum absolute atomic E-state index is 11.5. The number of hydrogen-bond donors (Lipinski definition) is 2. The van der Waals surface area contributed by atoms with Crippen LogP contribution in [0.25, 0.3) is 0 Å². The summed E-state index contributed by atoms with van der Waals surface area (Å²) in [5.41, 5.74) is 0. The van der Waals surface area contributed by atoms with Gasteiger partial charge in [0.1, 0.15) is 6.04 Å². The summed E-state index contributed by atoms with van der Waals surface area (Å²) in [4.78, 5) is 23.6. The molecule has 2 amide bonds. The third-order valence-corrected chi connectivity index (χ3v) is 2.12. The largest absolute Gasteiger partial charge is 0.480 e. The van der Waals surface area contributed by atoms with Crippen molar-refractivity contribution in [2.45, 2.75) is 26.3 Å². The summed E-state index contributed by atoms with van der Waals surface area (Å²) in [5, 5.41) is 19.6. The molecule has 0 heterocycles. The SMILES string of the molecule is CC(C)[C@H](NC(=O)N(C)CCC#N)C(=O)O. The fourth-order valence-electron chi connectivity index (χ4n) is 1.08. The van der Waals surface area contributed by atoms with Crippen LogP contribution in [0.2, 0.25) is 0 Å². The average Bonchev–Trinajstić information content (AvgIpc) is 2.20. The molecular formula is C10H17N3O3. The Morgan fingerprint density at radius 1 is 1.50 bits per heavy atom. The fourth-order valence-corrected chi connectivity index (χ4v) is 1.08. The third-order valence-electron chi connectivity index (χ3n) is 2.12. The van der Waals surface area contributed by atoms with Gasteiger partial charge in [0.05, 0.1) is 12.5 Å². The van der Waals surface area contributed by atoms with E-state index in [-0.39, 0.29) is 18.9 Å². The quantitative estimate of drug-likeness (QED) is 0.721. The van der Waals surface area contributed by atoms with Crippen LogP contribution in [0.5, 0.6) is 0 Å². The van der Waals surface area contributed by atoms with Crippen LogP contribution in [0, 0.1) is 17.2 Å². The van der Waals surface area contributed by atoms with Crippen LogP contribution in [-0.2, 0) is 4.79 Å². The molecule has 0 aliphatic heterocycles. The molecule has 0 aliphatic carbocycles. The molecule has 0 unspecified atom stereocenters.